The topological polar surface area (TPSA) is 116 Å². The molecule has 1 aromatic rings. The molecular weight excluding hydrogens is 260 g/mol. The fraction of sp³-hybridized carbons (Fsp3) is 0.200. The number of hydrogen-bond acceptors (Lipinski definition) is 6. The molecule has 98 valence electrons. The van der Waals surface area contributed by atoms with Gasteiger partial charge in [-0.3, -0.25) is 9.52 Å². The van der Waals surface area contributed by atoms with Crippen molar-refractivity contribution in [1.82, 2.24) is 0 Å². The Kier molecular flexibility index (Phi) is 3.92. The number of carbonyl (C=O) groups excluding carboxylic acids is 2. The molecule has 7 nitrogen and oxygen atoms in total. The van der Waals surface area contributed by atoms with Gasteiger partial charge in [0.25, 0.3) is 0 Å². The first-order chi connectivity index (χ1) is 8.28. The van der Waals surface area contributed by atoms with Crippen molar-refractivity contribution in [3.8, 4) is 0 Å². The number of nitrogen functional groups attached to an aromatic ring is 1. The van der Waals surface area contributed by atoms with Crippen LogP contribution in [0.5, 0.6) is 0 Å². The van der Waals surface area contributed by atoms with Gasteiger partial charge in [-0.15, -0.1) is 0 Å². The minimum absolute atomic E-state index is 0.00125. The van der Waals surface area contributed by atoms with Gasteiger partial charge in [0.1, 0.15) is 0 Å². The van der Waals surface area contributed by atoms with E-state index < -0.39 is 16.0 Å². The fourth-order valence-electron chi connectivity index (χ4n) is 1.31. The van der Waals surface area contributed by atoms with Crippen LogP contribution in [0.1, 0.15) is 20.7 Å². The summed E-state index contributed by atoms with van der Waals surface area (Å²) in [5, 5.41) is 0. The summed E-state index contributed by atoms with van der Waals surface area (Å²) in [7, 11) is -2.37. The first kappa shape index (κ1) is 14.0. The van der Waals surface area contributed by atoms with Crippen LogP contribution in [0.25, 0.3) is 0 Å². The summed E-state index contributed by atoms with van der Waals surface area (Å²) in [6, 6.07) is 2.36. The van der Waals surface area contributed by atoms with Gasteiger partial charge in [-0.2, -0.15) is 0 Å². The SMILES string of the molecule is COC(=O)c1cc(C=O)c(NS(C)(=O)=O)cc1N. The minimum Gasteiger partial charge on any atom is -0.465 e. The van der Waals surface area contributed by atoms with Gasteiger partial charge >= 0.3 is 5.97 Å². The van der Waals surface area contributed by atoms with E-state index >= 15 is 0 Å². The van der Waals surface area contributed by atoms with E-state index in [2.05, 4.69) is 9.46 Å². The van der Waals surface area contributed by atoms with Crippen LogP contribution in [0.2, 0.25) is 0 Å². The molecule has 0 saturated carbocycles. The number of anilines is 2. The molecule has 0 radical (unpaired) electrons. The second-order valence-corrected chi connectivity index (χ2v) is 5.26. The highest BCUT2D eigenvalue weighted by molar-refractivity contribution is 7.92. The summed E-state index contributed by atoms with van der Waals surface area (Å²) in [6.07, 6.45) is 1.35. The van der Waals surface area contributed by atoms with Crippen molar-refractivity contribution in [3.63, 3.8) is 0 Å². The molecule has 0 aliphatic heterocycles. The van der Waals surface area contributed by atoms with Crippen molar-refractivity contribution in [3.05, 3.63) is 23.3 Å². The molecule has 0 fully saturated rings. The third-order valence-electron chi connectivity index (χ3n) is 2.05. The molecule has 0 unspecified atom stereocenters. The molecule has 1 rings (SSSR count). The third kappa shape index (κ3) is 3.20. The highest BCUT2D eigenvalue weighted by Gasteiger charge is 2.15. The van der Waals surface area contributed by atoms with E-state index in [0.29, 0.717) is 6.29 Å². The maximum absolute atomic E-state index is 11.3. The Bertz CT molecular complexity index is 595. The first-order valence-electron chi connectivity index (χ1n) is 4.73. The predicted molar refractivity (Wildman–Crippen MR) is 66.0 cm³/mol. The van der Waals surface area contributed by atoms with Crippen molar-refractivity contribution in [1.29, 1.82) is 0 Å². The summed E-state index contributed by atoms with van der Waals surface area (Å²) in [6.45, 7) is 0. The van der Waals surface area contributed by atoms with Crippen LogP contribution in [0, 0.1) is 0 Å². The van der Waals surface area contributed by atoms with Crippen LogP contribution >= 0.6 is 0 Å². The van der Waals surface area contributed by atoms with Gasteiger partial charge in [0.05, 0.1) is 24.6 Å². The van der Waals surface area contributed by atoms with E-state index in [-0.39, 0.29) is 22.5 Å². The number of methoxy groups -OCH3 is 1. The lowest BCUT2D eigenvalue weighted by atomic mass is 10.1. The Morgan fingerprint density at radius 1 is 1.44 bits per heavy atom. The lowest BCUT2D eigenvalue weighted by Crippen LogP contribution is -2.13. The third-order valence-corrected chi connectivity index (χ3v) is 2.64. The maximum atomic E-state index is 11.3. The monoisotopic (exact) mass is 272 g/mol. The number of nitrogens with two attached hydrogens (primary N) is 1. The molecule has 0 heterocycles. The quantitative estimate of drug-likeness (QED) is 0.461. The van der Waals surface area contributed by atoms with E-state index in [1.165, 1.54) is 19.2 Å². The van der Waals surface area contributed by atoms with E-state index in [9.17, 15) is 18.0 Å². The van der Waals surface area contributed by atoms with Crippen LogP contribution < -0.4 is 10.5 Å². The average molecular weight is 272 g/mol. The first-order valence-corrected chi connectivity index (χ1v) is 6.62. The summed E-state index contributed by atoms with van der Waals surface area (Å²) in [4.78, 5) is 22.2. The smallest absolute Gasteiger partial charge is 0.339 e. The number of sulfonamides is 1. The number of ether oxygens (including phenoxy) is 1. The van der Waals surface area contributed by atoms with Crippen LogP contribution in [-0.4, -0.2) is 34.0 Å². The van der Waals surface area contributed by atoms with Gasteiger partial charge in [0.2, 0.25) is 10.0 Å². The standard InChI is InChI=1S/C10H12N2O5S/c1-17-10(14)7-3-6(5-13)9(4-8(7)11)12-18(2,15)16/h3-5,12H,11H2,1-2H3. The van der Waals surface area contributed by atoms with Gasteiger partial charge < -0.3 is 10.5 Å². The van der Waals surface area contributed by atoms with Gasteiger partial charge in [0, 0.05) is 11.3 Å². The normalized spacial score (nSPS) is 10.8. The molecule has 3 N–H and O–H groups in total. The number of nitrogens with one attached hydrogen (secondary N) is 1. The lowest BCUT2D eigenvalue weighted by Gasteiger charge is -2.10. The molecule has 0 bridgehead atoms. The van der Waals surface area contributed by atoms with Gasteiger partial charge in [-0.05, 0) is 12.1 Å². The van der Waals surface area contributed by atoms with Crippen LogP contribution in [0.3, 0.4) is 0 Å². The van der Waals surface area contributed by atoms with Crippen molar-refractivity contribution in [2.24, 2.45) is 0 Å². The highest BCUT2D eigenvalue weighted by atomic mass is 32.2. The molecule has 18 heavy (non-hydrogen) atoms. The van der Waals surface area contributed by atoms with Crippen LogP contribution in [-0.2, 0) is 14.8 Å². The summed E-state index contributed by atoms with van der Waals surface area (Å²) < 4.78 is 28.8. The number of benzene rings is 1. The fourth-order valence-corrected chi connectivity index (χ4v) is 1.88. The molecule has 1 aromatic carbocycles. The molecular formula is C10H12N2O5S. The van der Waals surface area contributed by atoms with E-state index in [1.807, 2.05) is 0 Å². The molecule has 0 spiro atoms. The van der Waals surface area contributed by atoms with E-state index in [1.54, 1.807) is 0 Å². The van der Waals surface area contributed by atoms with Crippen molar-refractivity contribution in [2.75, 3.05) is 23.8 Å². The van der Waals surface area contributed by atoms with E-state index in [0.717, 1.165) is 6.26 Å². The van der Waals surface area contributed by atoms with Crippen molar-refractivity contribution < 1.29 is 22.7 Å². The highest BCUT2D eigenvalue weighted by Crippen LogP contribution is 2.23. The summed E-state index contributed by atoms with van der Waals surface area (Å²) >= 11 is 0. The lowest BCUT2D eigenvalue weighted by molar-refractivity contribution is 0.0602. The minimum atomic E-state index is -3.55. The molecule has 0 aliphatic carbocycles. The van der Waals surface area contributed by atoms with Gasteiger partial charge in [-0.25, -0.2) is 13.2 Å². The van der Waals surface area contributed by atoms with Gasteiger partial charge in [0.15, 0.2) is 6.29 Å². The Morgan fingerprint density at radius 2 is 2.06 bits per heavy atom. The molecule has 0 aromatic heterocycles. The molecule has 0 amide bonds. The second kappa shape index (κ2) is 5.05. The zero-order chi connectivity index (χ0) is 13.9. The Labute approximate surface area is 104 Å². The van der Waals surface area contributed by atoms with E-state index in [4.69, 9.17) is 5.73 Å². The molecule has 0 aliphatic rings. The molecule has 0 saturated heterocycles. The second-order valence-electron chi connectivity index (χ2n) is 3.51. The van der Waals surface area contributed by atoms with Crippen molar-refractivity contribution in [2.45, 2.75) is 0 Å². The van der Waals surface area contributed by atoms with Gasteiger partial charge in [-0.1, -0.05) is 0 Å². The molecule has 0 atom stereocenters. The summed E-state index contributed by atoms with van der Waals surface area (Å²) in [5.74, 6) is -0.707. The van der Waals surface area contributed by atoms with Crippen molar-refractivity contribution >= 4 is 33.7 Å². The Hall–Kier alpha value is -2.09. The Morgan fingerprint density at radius 3 is 2.50 bits per heavy atom. The molecule has 8 heteroatoms. The average Bonchev–Trinajstić information content (AvgIpc) is 2.26. The number of rotatable bonds is 4. The maximum Gasteiger partial charge on any atom is 0.339 e. The zero-order valence-electron chi connectivity index (χ0n) is 9.76. The largest absolute Gasteiger partial charge is 0.465 e. The zero-order valence-corrected chi connectivity index (χ0v) is 10.6. The number of carbonyl (C=O) groups is 2. The number of hydrogen-bond donors (Lipinski definition) is 2. The van der Waals surface area contributed by atoms with Crippen LogP contribution in [0.15, 0.2) is 12.1 Å². The van der Waals surface area contributed by atoms with Crippen LogP contribution in [0.4, 0.5) is 11.4 Å². The summed E-state index contributed by atoms with van der Waals surface area (Å²) in [5.41, 5.74) is 5.61. The number of esters is 1. The predicted octanol–water partition coefficient (Wildman–Crippen LogP) is 0.239. The Balaban J connectivity index is 3.36. The number of aldehydes is 1.